The molecule has 1 saturated heterocycles. The third-order valence-electron chi connectivity index (χ3n) is 3.95. The fourth-order valence-corrected chi connectivity index (χ4v) is 2.93. The number of H-pyrrole nitrogens is 1. The van der Waals surface area contributed by atoms with Gasteiger partial charge in [-0.25, -0.2) is 18.7 Å². The van der Waals surface area contributed by atoms with Gasteiger partial charge >= 0.3 is 0 Å². The number of hydrogen-bond acceptors (Lipinski definition) is 5. The molecular weight excluding hydrogens is 359 g/mol. The monoisotopic (exact) mass is 373 g/mol. The van der Waals surface area contributed by atoms with E-state index < -0.39 is 23.5 Å². The third-order valence-corrected chi connectivity index (χ3v) is 4.29. The molecule has 10 heteroatoms. The Kier molecular flexibility index (Phi) is 4.70. The Bertz CT molecular complexity index is 839. The summed E-state index contributed by atoms with van der Waals surface area (Å²) in [5, 5.41) is 2.61. The van der Waals surface area contributed by atoms with Crippen LogP contribution in [-0.2, 0) is 0 Å². The van der Waals surface area contributed by atoms with Gasteiger partial charge in [-0.15, -0.1) is 0 Å². The Hall–Kier alpha value is -2.13. The second kappa shape index (κ2) is 6.64. The van der Waals surface area contributed by atoms with Crippen molar-refractivity contribution in [3.63, 3.8) is 0 Å². The first-order valence-corrected chi connectivity index (χ1v) is 7.92. The maximum atomic E-state index is 14.0. The van der Waals surface area contributed by atoms with Crippen molar-refractivity contribution >= 4 is 17.4 Å². The normalized spacial score (nSPS) is 18.4. The number of hydrogen-bond donors (Lipinski definition) is 2. The molecular formula is C15H15ClF3N5O. The van der Waals surface area contributed by atoms with Gasteiger partial charge in [-0.2, -0.15) is 4.39 Å². The van der Waals surface area contributed by atoms with E-state index in [0.29, 0.717) is 6.54 Å². The molecule has 3 heterocycles. The maximum absolute atomic E-state index is 14.0. The van der Waals surface area contributed by atoms with Crippen LogP contribution in [0, 0.1) is 5.95 Å². The molecule has 1 fully saturated rings. The molecule has 25 heavy (non-hydrogen) atoms. The molecule has 134 valence electrons. The van der Waals surface area contributed by atoms with Gasteiger partial charge in [0.25, 0.3) is 11.5 Å². The lowest BCUT2D eigenvalue weighted by molar-refractivity contribution is -0.0112. The van der Waals surface area contributed by atoms with Crippen molar-refractivity contribution in [1.82, 2.24) is 20.3 Å². The Morgan fingerprint density at radius 3 is 2.88 bits per heavy atom. The second-order valence-electron chi connectivity index (χ2n) is 5.79. The molecule has 1 atom stereocenters. The Morgan fingerprint density at radius 1 is 1.44 bits per heavy atom. The molecule has 2 aromatic heterocycles. The van der Waals surface area contributed by atoms with Crippen LogP contribution in [0.4, 0.5) is 19.0 Å². The maximum Gasteiger partial charge on any atom is 0.272 e. The molecule has 1 aliphatic rings. The smallest absolute Gasteiger partial charge is 0.272 e. The topological polar surface area (TPSA) is 73.9 Å². The molecule has 0 spiro atoms. The highest BCUT2D eigenvalue weighted by atomic mass is 35.5. The minimum Gasteiger partial charge on any atom is -0.344 e. The summed E-state index contributed by atoms with van der Waals surface area (Å²) in [6.07, 6.45) is 1.22. The van der Waals surface area contributed by atoms with E-state index in [1.54, 1.807) is 0 Å². The van der Waals surface area contributed by atoms with E-state index in [1.165, 1.54) is 17.2 Å². The van der Waals surface area contributed by atoms with Gasteiger partial charge in [0, 0.05) is 44.4 Å². The van der Waals surface area contributed by atoms with E-state index >= 15 is 0 Å². The SMILES string of the molecule is CC(F)(F)C1CNCCN1c1nc(-c2ccnc(F)c2)[nH]c(=O)c1Cl. The quantitative estimate of drug-likeness (QED) is 0.806. The minimum absolute atomic E-state index is 0.0214. The van der Waals surface area contributed by atoms with Gasteiger partial charge < -0.3 is 15.2 Å². The van der Waals surface area contributed by atoms with Gasteiger partial charge in [-0.3, -0.25) is 4.79 Å². The minimum atomic E-state index is -3.04. The van der Waals surface area contributed by atoms with Crippen LogP contribution in [0.15, 0.2) is 23.1 Å². The van der Waals surface area contributed by atoms with Crippen LogP contribution in [0.25, 0.3) is 11.4 Å². The summed E-state index contributed by atoms with van der Waals surface area (Å²) in [6, 6.07) is 1.32. The first kappa shape index (κ1) is 17.7. The van der Waals surface area contributed by atoms with Crippen LogP contribution in [0.5, 0.6) is 0 Å². The molecule has 3 rings (SSSR count). The van der Waals surface area contributed by atoms with Crippen LogP contribution in [0.3, 0.4) is 0 Å². The number of pyridine rings is 1. The number of nitrogens with one attached hydrogen (secondary N) is 2. The van der Waals surface area contributed by atoms with E-state index in [2.05, 4.69) is 20.3 Å². The number of halogens is 4. The van der Waals surface area contributed by atoms with Crippen molar-refractivity contribution < 1.29 is 13.2 Å². The van der Waals surface area contributed by atoms with E-state index in [0.717, 1.165) is 13.0 Å². The number of aromatic nitrogens is 3. The zero-order chi connectivity index (χ0) is 18.2. The average Bonchev–Trinajstić information content (AvgIpc) is 2.56. The number of aromatic amines is 1. The van der Waals surface area contributed by atoms with Gasteiger partial charge in [-0.05, 0) is 6.07 Å². The fourth-order valence-electron chi connectivity index (χ4n) is 2.73. The van der Waals surface area contributed by atoms with Crippen molar-refractivity contribution in [2.45, 2.75) is 18.9 Å². The standard InChI is InChI=1S/C15H15ClF3N5O/c1-15(18,19)9-7-20-4-5-24(9)13-11(16)14(25)23-12(22-13)8-2-3-21-10(17)6-8/h2-3,6,9,20H,4-5,7H2,1H3,(H,22,23,25). The van der Waals surface area contributed by atoms with Crippen molar-refractivity contribution in [2.75, 3.05) is 24.5 Å². The Morgan fingerprint density at radius 2 is 2.20 bits per heavy atom. The van der Waals surface area contributed by atoms with Crippen LogP contribution < -0.4 is 15.8 Å². The first-order valence-electron chi connectivity index (χ1n) is 7.54. The molecule has 0 aromatic carbocycles. The molecule has 0 amide bonds. The van der Waals surface area contributed by atoms with Crippen LogP contribution in [0.1, 0.15) is 6.92 Å². The van der Waals surface area contributed by atoms with E-state index in [1.807, 2.05) is 0 Å². The highest BCUT2D eigenvalue weighted by molar-refractivity contribution is 6.32. The number of rotatable bonds is 3. The van der Waals surface area contributed by atoms with Crippen LogP contribution in [0.2, 0.25) is 5.02 Å². The lowest BCUT2D eigenvalue weighted by atomic mass is 10.1. The average molecular weight is 374 g/mol. The number of anilines is 1. The van der Waals surface area contributed by atoms with E-state index in [-0.39, 0.29) is 35.3 Å². The summed E-state index contributed by atoms with van der Waals surface area (Å²) in [6.45, 7) is 1.47. The molecule has 1 unspecified atom stereocenters. The van der Waals surface area contributed by atoms with Gasteiger partial charge in [0.15, 0.2) is 5.82 Å². The third kappa shape index (κ3) is 3.62. The molecule has 0 aliphatic carbocycles. The fraction of sp³-hybridized carbons (Fsp3) is 0.400. The molecule has 0 bridgehead atoms. The Balaban J connectivity index is 2.10. The van der Waals surface area contributed by atoms with Crippen molar-refractivity contribution in [3.05, 3.63) is 39.7 Å². The van der Waals surface area contributed by atoms with Crippen LogP contribution >= 0.6 is 11.6 Å². The number of alkyl halides is 2. The Labute approximate surface area is 146 Å². The highest BCUT2D eigenvalue weighted by Crippen LogP contribution is 2.31. The van der Waals surface area contributed by atoms with E-state index in [4.69, 9.17) is 11.6 Å². The number of nitrogens with zero attached hydrogens (tertiary/aromatic N) is 3. The van der Waals surface area contributed by atoms with Gasteiger partial charge in [-0.1, -0.05) is 11.6 Å². The largest absolute Gasteiger partial charge is 0.344 e. The summed E-state index contributed by atoms with van der Waals surface area (Å²) in [7, 11) is 0. The molecule has 2 aromatic rings. The summed E-state index contributed by atoms with van der Waals surface area (Å²) in [5.74, 6) is -3.81. The van der Waals surface area contributed by atoms with Gasteiger partial charge in [0.05, 0.1) is 0 Å². The van der Waals surface area contributed by atoms with Crippen molar-refractivity contribution in [2.24, 2.45) is 0 Å². The molecule has 6 nitrogen and oxygen atoms in total. The zero-order valence-electron chi connectivity index (χ0n) is 13.2. The predicted molar refractivity (Wildman–Crippen MR) is 87.7 cm³/mol. The molecule has 0 saturated carbocycles. The summed E-state index contributed by atoms with van der Waals surface area (Å²) in [5.41, 5.74) is -0.423. The first-order chi connectivity index (χ1) is 11.8. The van der Waals surface area contributed by atoms with Crippen molar-refractivity contribution in [3.8, 4) is 11.4 Å². The zero-order valence-corrected chi connectivity index (χ0v) is 13.9. The summed E-state index contributed by atoms with van der Waals surface area (Å²) < 4.78 is 41.2. The van der Waals surface area contributed by atoms with Crippen molar-refractivity contribution in [1.29, 1.82) is 0 Å². The van der Waals surface area contributed by atoms with Crippen LogP contribution in [-0.4, -0.2) is 46.6 Å². The highest BCUT2D eigenvalue weighted by Gasteiger charge is 2.41. The van der Waals surface area contributed by atoms with E-state index in [9.17, 15) is 18.0 Å². The van der Waals surface area contributed by atoms with Gasteiger partial charge in [0.2, 0.25) is 5.95 Å². The molecule has 0 radical (unpaired) electrons. The number of piperazine rings is 1. The molecule has 2 N–H and O–H groups in total. The van der Waals surface area contributed by atoms with Gasteiger partial charge in [0.1, 0.15) is 16.9 Å². The predicted octanol–water partition coefficient (Wildman–Crippen LogP) is 2.06. The lowest BCUT2D eigenvalue weighted by Gasteiger charge is -2.40. The molecule has 1 aliphatic heterocycles. The lowest BCUT2D eigenvalue weighted by Crippen LogP contribution is -2.59. The summed E-state index contributed by atoms with van der Waals surface area (Å²) >= 11 is 6.03. The summed E-state index contributed by atoms with van der Waals surface area (Å²) in [4.78, 5) is 23.5. The second-order valence-corrected chi connectivity index (χ2v) is 6.17.